The SMILES string of the molecule is O=[N+]([O-])c1cc2cccc3c2c(c1O)-c1ccccc1-3. The first-order valence-corrected chi connectivity index (χ1v) is 6.21. The van der Waals surface area contributed by atoms with Crippen LogP contribution in [0.3, 0.4) is 0 Å². The van der Waals surface area contributed by atoms with Crippen molar-refractivity contribution in [1.82, 2.24) is 0 Å². The van der Waals surface area contributed by atoms with E-state index in [1.807, 2.05) is 42.5 Å². The van der Waals surface area contributed by atoms with Crippen LogP contribution in [0.2, 0.25) is 0 Å². The Morgan fingerprint density at radius 2 is 1.65 bits per heavy atom. The summed E-state index contributed by atoms with van der Waals surface area (Å²) < 4.78 is 0. The lowest BCUT2D eigenvalue weighted by Gasteiger charge is -2.05. The second kappa shape index (κ2) is 3.57. The van der Waals surface area contributed by atoms with Crippen molar-refractivity contribution in [2.75, 3.05) is 0 Å². The maximum Gasteiger partial charge on any atom is 0.312 e. The van der Waals surface area contributed by atoms with Crippen molar-refractivity contribution in [3.8, 4) is 28.0 Å². The highest BCUT2D eigenvalue weighted by Gasteiger charge is 2.29. The van der Waals surface area contributed by atoms with E-state index in [0.717, 1.165) is 27.5 Å². The van der Waals surface area contributed by atoms with Crippen molar-refractivity contribution in [3.63, 3.8) is 0 Å². The molecule has 0 saturated heterocycles. The van der Waals surface area contributed by atoms with Gasteiger partial charge in [-0.1, -0.05) is 42.5 Å². The normalized spacial score (nSPS) is 11.6. The van der Waals surface area contributed by atoms with E-state index in [2.05, 4.69) is 0 Å². The summed E-state index contributed by atoms with van der Waals surface area (Å²) in [7, 11) is 0. The molecule has 0 aliphatic heterocycles. The number of hydrogen-bond acceptors (Lipinski definition) is 3. The van der Waals surface area contributed by atoms with Gasteiger partial charge < -0.3 is 5.11 Å². The van der Waals surface area contributed by atoms with Gasteiger partial charge in [0.25, 0.3) is 0 Å². The Morgan fingerprint density at radius 1 is 0.950 bits per heavy atom. The molecule has 1 aliphatic carbocycles. The van der Waals surface area contributed by atoms with Crippen LogP contribution in [0.25, 0.3) is 33.0 Å². The van der Waals surface area contributed by atoms with Gasteiger partial charge >= 0.3 is 5.69 Å². The molecule has 1 N–H and O–H groups in total. The van der Waals surface area contributed by atoms with E-state index in [1.54, 1.807) is 0 Å². The molecule has 0 unspecified atom stereocenters. The number of nitro benzene ring substituents is 1. The van der Waals surface area contributed by atoms with E-state index in [-0.39, 0.29) is 11.4 Å². The van der Waals surface area contributed by atoms with E-state index in [0.29, 0.717) is 5.56 Å². The number of hydrogen-bond donors (Lipinski definition) is 1. The molecule has 4 heteroatoms. The third-order valence-electron chi connectivity index (χ3n) is 3.80. The molecule has 0 aromatic heterocycles. The summed E-state index contributed by atoms with van der Waals surface area (Å²) in [5.74, 6) is -0.250. The fourth-order valence-electron chi connectivity index (χ4n) is 2.99. The Morgan fingerprint density at radius 3 is 2.40 bits per heavy atom. The van der Waals surface area contributed by atoms with Crippen LogP contribution in [-0.4, -0.2) is 10.0 Å². The number of aromatic hydroxyl groups is 1. The number of nitro groups is 1. The predicted octanol–water partition coefficient (Wildman–Crippen LogP) is 4.10. The van der Waals surface area contributed by atoms with Crippen LogP contribution < -0.4 is 0 Å². The molecule has 4 rings (SSSR count). The molecule has 4 nitrogen and oxygen atoms in total. The molecule has 20 heavy (non-hydrogen) atoms. The van der Waals surface area contributed by atoms with Gasteiger partial charge in [0.15, 0.2) is 0 Å². The third-order valence-corrected chi connectivity index (χ3v) is 3.80. The van der Waals surface area contributed by atoms with Gasteiger partial charge in [0, 0.05) is 17.0 Å². The van der Waals surface area contributed by atoms with E-state index < -0.39 is 4.92 Å². The predicted molar refractivity (Wildman–Crippen MR) is 76.7 cm³/mol. The number of rotatable bonds is 1. The molecule has 96 valence electrons. The minimum Gasteiger partial charge on any atom is -0.502 e. The summed E-state index contributed by atoms with van der Waals surface area (Å²) in [6, 6.07) is 14.8. The van der Waals surface area contributed by atoms with Gasteiger partial charge in [-0.05, 0) is 22.1 Å². The third kappa shape index (κ3) is 1.20. The van der Waals surface area contributed by atoms with Crippen LogP contribution in [0.1, 0.15) is 0 Å². The molecule has 0 atom stereocenters. The van der Waals surface area contributed by atoms with Gasteiger partial charge in [0.2, 0.25) is 5.75 Å². The maximum atomic E-state index is 11.1. The molecule has 0 radical (unpaired) electrons. The summed E-state index contributed by atoms with van der Waals surface area (Å²) in [6.45, 7) is 0. The fourth-order valence-corrected chi connectivity index (χ4v) is 2.99. The van der Waals surface area contributed by atoms with Crippen LogP contribution >= 0.6 is 0 Å². The van der Waals surface area contributed by atoms with Crippen LogP contribution in [0.5, 0.6) is 5.75 Å². The molecule has 0 saturated carbocycles. The van der Waals surface area contributed by atoms with E-state index in [9.17, 15) is 15.2 Å². The molecule has 0 heterocycles. The Bertz CT molecular complexity index is 900. The van der Waals surface area contributed by atoms with E-state index in [4.69, 9.17) is 0 Å². The van der Waals surface area contributed by atoms with Crippen LogP contribution in [0.15, 0.2) is 48.5 Å². The highest BCUT2D eigenvalue weighted by atomic mass is 16.6. The first kappa shape index (κ1) is 11.0. The zero-order valence-electron chi connectivity index (χ0n) is 10.3. The second-order valence-electron chi connectivity index (χ2n) is 4.83. The molecular formula is C16H9NO3. The average molecular weight is 263 g/mol. The summed E-state index contributed by atoms with van der Waals surface area (Å²) in [4.78, 5) is 10.6. The minimum absolute atomic E-state index is 0.249. The van der Waals surface area contributed by atoms with Crippen molar-refractivity contribution in [2.24, 2.45) is 0 Å². The standard InChI is InChI=1S/C16H9NO3/c18-16-13(17(19)20)8-9-4-3-7-11-10-5-1-2-6-12(10)15(16)14(9)11/h1-8,18H. The minimum atomic E-state index is -0.543. The van der Waals surface area contributed by atoms with Crippen LogP contribution in [0, 0.1) is 10.1 Å². The highest BCUT2D eigenvalue weighted by molar-refractivity contribution is 6.18. The van der Waals surface area contributed by atoms with Gasteiger partial charge in [0.05, 0.1) is 4.92 Å². The van der Waals surface area contributed by atoms with Crippen molar-refractivity contribution in [3.05, 3.63) is 58.6 Å². The monoisotopic (exact) mass is 263 g/mol. The van der Waals surface area contributed by atoms with Crippen LogP contribution in [-0.2, 0) is 0 Å². The number of fused-ring (bicyclic) bond motifs is 3. The average Bonchev–Trinajstić information content (AvgIpc) is 2.79. The zero-order valence-corrected chi connectivity index (χ0v) is 10.3. The second-order valence-corrected chi connectivity index (χ2v) is 4.83. The molecule has 3 aromatic rings. The van der Waals surface area contributed by atoms with Gasteiger partial charge in [-0.25, -0.2) is 0 Å². The quantitative estimate of drug-likeness (QED) is 0.415. The fraction of sp³-hybridized carbons (Fsp3) is 0. The Labute approximate surface area is 114 Å². The van der Waals surface area contributed by atoms with Gasteiger partial charge in [0.1, 0.15) is 0 Å². The topological polar surface area (TPSA) is 63.4 Å². The van der Waals surface area contributed by atoms with E-state index >= 15 is 0 Å². The summed E-state index contributed by atoms with van der Waals surface area (Å²) in [5.41, 5.74) is 3.18. The molecule has 0 spiro atoms. The molecule has 1 aliphatic rings. The molecule has 0 fully saturated rings. The number of phenols is 1. The number of phenolic OH excluding ortho intramolecular Hbond substituents is 1. The van der Waals surface area contributed by atoms with Gasteiger partial charge in [-0.2, -0.15) is 0 Å². The van der Waals surface area contributed by atoms with Crippen LogP contribution in [0.4, 0.5) is 5.69 Å². The van der Waals surface area contributed by atoms with Gasteiger partial charge in [-0.15, -0.1) is 0 Å². The largest absolute Gasteiger partial charge is 0.502 e. The van der Waals surface area contributed by atoms with Crippen molar-refractivity contribution in [2.45, 2.75) is 0 Å². The first-order chi connectivity index (χ1) is 9.68. The molecule has 0 bridgehead atoms. The summed E-state index contributed by atoms with van der Waals surface area (Å²) >= 11 is 0. The summed E-state index contributed by atoms with van der Waals surface area (Å²) in [5, 5.41) is 23.1. The number of nitrogens with zero attached hydrogens (tertiary/aromatic N) is 1. The lowest BCUT2D eigenvalue weighted by molar-refractivity contribution is -0.385. The smallest absolute Gasteiger partial charge is 0.312 e. The molecular weight excluding hydrogens is 254 g/mol. The van der Waals surface area contributed by atoms with Crippen molar-refractivity contribution < 1.29 is 10.0 Å². The lowest BCUT2D eigenvalue weighted by atomic mass is 10.0. The molecule has 0 amide bonds. The Kier molecular flexibility index (Phi) is 1.96. The Hall–Kier alpha value is -2.88. The summed E-state index contributed by atoms with van der Waals surface area (Å²) in [6.07, 6.45) is 0. The number of benzene rings is 3. The maximum absolute atomic E-state index is 11.1. The van der Waals surface area contributed by atoms with Crippen molar-refractivity contribution in [1.29, 1.82) is 0 Å². The first-order valence-electron chi connectivity index (χ1n) is 6.21. The zero-order chi connectivity index (χ0) is 13.9. The van der Waals surface area contributed by atoms with Gasteiger partial charge in [-0.3, -0.25) is 10.1 Å². The van der Waals surface area contributed by atoms with Crippen molar-refractivity contribution >= 4 is 16.5 Å². The molecule has 3 aromatic carbocycles. The van der Waals surface area contributed by atoms with E-state index in [1.165, 1.54) is 6.07 Å². The Balaban J connectivity index is 2.27. The highest BCUT2D eigenvalue weighted by Crippen LogP contribution is 2.53. The lowest BCUT2D eigenvalue weighted by Crippen LogP contribution is -1.90.